The molecule has 0 spiro atoms. The van der Waals surface area contributed by atoms with Gasteiger partial charge in [-0.3, -0.25) is 10.1 Å². The SMILES string of the molecule is CNc1ccc(COc2ccc(Cl)c(F)c2)cc1[N+](=O)[O-]. The maximum atomic E-state index is 13.3. The Morgan fingerprint density at radius 3 is 2.71 bits per heavy atom. The summed E-state index contributed by atoms with van der Waals surface area (Å²) in [6, 6.07) is 8.79. The van der Waals surface area contributed by atoms with E-state index in [4.69, 9.17) is 16.3 Å². The molecule has 0 aromatic heterocycles. The third-order valence-electron chi connectivity index (χ3n) is 2.82. The van der Waals surface area contributed by atoms with Crippen molar-refractivity contribution in [2.45, 2.75) is 6.61 Å². The largest absolute Gasteiger partial charge is 0.489 e. The first-order valence-corrected chi connectivity index (χ1v) is 6.42. The predicted octanol–water partition coefficient (Wildman–Crippen LogP) is 4.01. The van der Waals surface area contributed by atoms with Crippen LogP contribution in [0.4, 0.5) is 15.8 Å². The minimum atomic E-state index is -0.578. The number of halogens is 2. The Morgan fingerprint density at radius 1 is 1.33 bits per heavy atom. The molecule has 5 nitrogen and oxygen atoms in total. The number of anilines is 1. The number of nitrogens with zero attached hydrogens (tertiary/aromatic N) is 1. The number of nitro benzene ring substituents is 1. The summed E-state index contributed by atoms with van der Waals surface area (Å²) in [5.74, 6) is -0.275. The topological polar surface area (TPSA) is 64.4 Å². The van der Waals surface area contributed by atoms with Crippen LogP contribution in [0.15, 0.2) is 36.4 Å². The van der Waals surface area contributed by atoms with Crippen molar-refractivity contribution in [3.8, 4) is 5.75 Å². The number of ether oxygens (including phenoxy) is 1. The van der Waals surface area contributed by atoms with Crippen molar-refractivity contribution in [1.82, 2.24) is 0 Å². The molecule has 0 atom stereocenters. The Labute approximate surface area is 125 Å². The Bertz CT molecular complexity index is 679. The molecule has 0 saturated heterocycles. The number of rotatable bonds is 5. The van der Waals surface area contributed by atoms with Crippen LogP contribution in [0.5, 0.6) is 5.75 Å². The van der Waals surface area contributed by atoms with E-state index >= 15 is 0 Å². The Balaban J connectivity index is 2.14. The molecule has 2 aromatic carbocycles. The first-order chi connectivity index (χ1) is 10.0. The first kappa shape index (κ1) is 15.1. The lowest BCUT2D eigenvalue weighted by Crippen LogP contribution is -2.00. The molecule has 7 heteroatoms. The van der Waals surface area contributed by atoms with Gasteiger partial charge in [0.2, 0.25) is 0 Å². The molecule has 0 fully saturated rings. The Hall–Kier alpha value is -2.34. The van der Waals surface area contributed by atoms with E-state index in [2.05, 4.69) is 5.32 Å². The Morgan fingerprint density at radius 2 is 2.10 bits per heavy atom. The van der Waals surface area contributed by atoms with Gasteiger partial charge in [-0.1, -0.05) is 17.7 Å². The number of hydrogen-bond donors (Lipinski definition) is 1. The first-order valence-electron chi connectivity index (χ1n) is 6.04. The zero-order valence-corrected chi connectivity index (χ0v) is 11.9. The molecule has 1 N–H and O–H groups in total. The smallest absolute Gasteiger partial charge is 0.292 e. The monoisotopic (exact) mass is 310 g/mol. The minimum Gasteiger partial charge on any atom is -0.489 e. The summed E-state index contributed by atoms with van der Waals surface area (Å²) < 4.78 is 18.7. The van der Waals surface area contributed by atoms with Crippen molar-refractivity contribution < 1.29 is 14.1 Å². The van der Waals surface area contributed by atoms with Crippen LogP contribution in [0.2, 0.25) is 5.02 Å². The fourth-order valence-electron chi connectivity index (χ4n) is 1.76. The van der Waals surface area contributed by atoms with Crippen molar-refractivity contribution in [3.63, 3.8) is 0 Å². The van der Waals surface area contributed by atoms with E-state index in [9.17, 15) is 14.5 Å². The van der Waals surface area contributed by atoms with Crippen LogP contribution in [-0.2, 0) is 6.61 Å². The lowest BCUT2D eigenvalue weighted by Gasteiger charge is -2.08. The summed E-state index contributed by atoms with van der Waals surface area (Å²) >= 11 is 5.57. The van der Waals surface area contributed by atoms with Gasteiger partial charge in [-0.25, -0.2) is 4.39 Å². The van der Waals surface area contributed by atoms with Crippen molar-refractivity contribution in [1.29, 1.82) is 0 Å². The van der Waals surface area contributed by atoms with Crippen LogP contribution in [-0.4, -0.2) is 12.0 Å². The molecule has 0 bridgehead atoms. The second kappa shape index (κ2) is 6.41. The average molecular weight is 311 g/mol. The molecular weight excluding hydrogens is 299 g/mol. The predicted molar refractivity (Wildman–Crippen MR) is 78.4 cm³/mol. The number of nitro groups is 1. The zero-order chi connectivity index (χ0) is 15.4. The molecule has 0 saturated carbocycles. The highest BCUT2D eigenvalue weighted by Crippen LogP contribution is 2.26. The van der Waals surface area contributed by atoms with Gasteiger partial charge in [-0.2, -0.15) is 0 Å². The fourth-order valence-corrected chi connectivity index (χ4v) is 1.88. The van der Waals surface area contributed by atoms with Crippen molar-refractivity contribution in [3.05, 3.63) is 62.9 Å². The number of benzene rings is 2. The molecule has 0 aliphatic rings. The molecule has 0 amide bonds. The van der Waals surface area contributed by atoms with Gasteiger partial charge < -0.3 is 10.1 Å². The van der Waals surface area contributed by atoms with Gasteiger partial charge in [0, 0.05) is 19.2 Å². The highest BCUT2D eigenvalue weighted by Gasteiger charge is 2.13. The molecule has 2 aromatic rings. The van der Waals surface area contributed by atoms with Crippen LogP contribution in [0.25, 0.3) is 0 Å². The molecule has 0 aliphatic heterocycles. The van der Waals surface area contributed by atoms with E-state index in [1.165, 1.54) is 24.3 Å². The minimum absolute atomic E-state index is 0.0105. The van der Waals surface area contributed by atoms with E-state index in [-0.39, 0.29) is 17.3 Å². The normalized spacial score (nSPS) is 10.2. The van der Waals surface area contributed by atoms with Crippen LogP contribution < -0.4 is 10.1 Å². The van der Waals surface area contributed by atoms with Gasteiger partial charge >= 0.3 is 0 Å². The maximum Gasteiger partial charge on any atom is 0.292 e. The number of hydrogen-bond acceptors (Lipinski definition) is 4. The van der Waals surface area contributed by atoms with E-state index < -0.39 is 10.7 Å². The molecular formula is C14H12ClFN2O3. The average Bonchev–Trinajstić information content (AvgIpc) is 2.48. The summed E-state index contributed by atoms with van der Waals surface area (Å²) in [5.41, 5.74) is 0.984. The lowest BCUT2D eigenvalue weighted by atomic mass is 10.2. The summed E-state index contributed by atoms with van der Waals surface area (Å²) in [7, 11) is 1.61. The van der Waals surface area contributed by atoms with E-state index in [1.807, 2.05) is 0 Å². The fraction of sp³-hybridized carbons (Fsp3) is 0.143. The van der Waals surface area contributed by atoms with Gasteiger partial charge in [0.1, 0.15) is 23.9 Å². The van der Waals surface area contributed by atoms with Crippen molar-refractivity contribution in [2.75, 3.05) is 12.4 Å². The summed E-state index contributed by atoms with van der Waals surface area (Å²) in [5, 5.41) is 13.7. The maximum absolute atomic E-state index is 13.3. The highest BCUT2D eigenvalue weighted by molar-refractivity contribution is 6.30. The van der Waals surface area contributed by atoms with Crippen molar-refractivity contribution in [2.24, 2.45) is 0 Å². The van der Waals surface area contributed by atoms with E-state index in [0.29, 0.717) is 17.0 Å². The molecule has 21 heavy (non-hydrogen) atoms. The third-order valence-corrected chi connectivity index (χ3v) is 3.13. The summed E-state index contributed by atoms with van der Waals surface area (Å²) in [6.45, 7) is 0.0892. The van der Waals surface area contributed by atoms with Crippen LogP contribution in [0.3, 0.4) is 0 Å². The second-order valence-electron chi connectivity index (χ2n) is 4.22. The van der Waals surface area contributed by atoms with Crippen LogP contribution >= 0.6 is 11.6 Å². The molecule has 0 heterocycles. The molecule has 0 unspecified atom stereocenters. The summed E-state index contributed by atoms with van der Waals surface area (Å²) in [4.78, 5) is 10.5. The zero-order valence-electron chi connectivity index (χ0n) is 11.1. The molecule has 0 radical (unpaired) electrons. The van der Waals surface area contributed by atoms with Gasteiger partial charge in [0.05, 0.1) is 9.95 Å². The van der Waals surface area contributed by atoms with E-state index in [0.717, 1.165) is 0 Å². The standard InChI is InChI=1S/C14H12ClFN2O3/c1-17-13-5-2-9(6-14(13)18(19)20)8-21-10-3-4-11(15)12(16)7-10/h2-7,17H,8H2,1H3. The van der Waals surface area contributed by atoms with Gasteiger partial charge in [-0.15, -0.1) is 0 Å². The van der Waals surface area contributed by atoms with Crippen molar-refractivity contribution >= 4 is 23.0 Å². The Kier molecular flexibility index (Phi) is 4.59. The molecule has 110 valence electrons. The van der Waals surface area contributed by atoms with Crippen LogP contribution in [0.1, 0.15) is 5.56 Å². The number of nitrogens with one attached hydrogen (secondary N) is 1. The molecule has 2 rings (SSSR count). The lowest BCUT2D eigenvalue weighted by molar-refractivity contribution is -0.384. The molecule has 0 aliphatic carbocycles. The summed E-state index contributed by atoms with van der Waals surface area (Å²) in [6.07, 6.45) is 0. The van der Waals surface area contributed by atoms with Gasteiger partial charge in [-0.05, 0) is 23.8 Å². The highest BCUT2D eigenvalue weighted by atomic mass is 35.5. The second-order valence-corrected chi connectivity index (χ2v) is 4.63. The third kappa shape index (κ3) is 3.61. The van der Waals surface area contributed by atoms with E-state index in [1.54, 1.807) is 19.2 Å². The van der Waals surface area contributed by atoms with Crippen LogP contribution in [0, 0.1) is 15.9 Å². The quantitative estimate of drug-likeness (QED) is 0.669. The van der Waals surface area contributed by atoms with Gasteiger partial charge in [0.25, 0.3) is 5.69 Å². The van der Waals surface area contributed by atoms with Gasteiger partial charge in [0.15, 0.2) is 0 Å².